The predicted molar refractivity (Wildman–Crippen MR) is 275 cm³/mol. The van der Waals surface area contributed by atoms with Crippen LogP contribution in [0.1, 0.15) is 71.4 Å². The van der Waals surface area contributed by atoms with Gasteiger partial charge in [-0.1, -0.05) is 50.2 Å². The van der Waals surface area contributed by atoms with Gasteiger partial charge in [0, 0.05) is 53.5 Å². The lowest BCUT2D eigenvalue weighted by Gasteiger charge is -2.27. The molecule has 0 spiro atoms. The lowest BCUT2D eigenvalue weighted by atomic mass is 10.0. The minimum absolute atomic E-state index is 0.0331. The van der Waals surface area contributed by atoms with E-state index in [1.807, 2.05) is 0 Å². The molecule has 27 heteroatoms. The Balaban J connectivity index is 1.61. The Labute approximate surface area is 441 Å². The highest BCUT2D eigenvalue weighted by Gasteiger charge is 2.36. The number of carbonyl (C=O) groups is 11. The standard InChI is InChI=1S/C50H68N12O15/c1-23(2)16-34(58-43(69)25(4)56-49(75)41(52)26(5)64)45(71)61-37(19-40(66)67)47(73)59-36(18-28-21-54-32-13-9-7-11-30(28)32)46(72)62-38(22-63)48(74)60-35(17-27-20-53-31-12-8-6-10-29(27)31)44(70)55-24(3)42(68)57-33(50(76)77)14-15-39(51)65/h6-13,20-21,23-26,33-38,41,53-54,63-64H,14-19,22,52H2,1-5H3,(H2,51,65)(H,55,70)(H,56,75)(H,57,68)(H,58,69)(H,59,73)(H,60,74)(H,61,71)(H,62,72)(H,66,67)(H,76,77). The summed E-state index contributed by atoms with van der Waals surface area (Å²) < 4.78 is 0. The molecule has 2 aromatic carbocycles. The molecule has 418 valence electrons. The Hall–Kier alpha value is -8.43. The summed E-state index contributed by atoms with van der Waals surface area (Å²) in [6, 6.07) is -0.0453. The number of hydrogen-bond donors (Lipinski definition) is 16. The fraction of sp³-hybridized carbons (Fsp3) is 0.460. The third kappa shape index (κ3) is 18.1. The van der Waals surface area contributed by atoms with E-state index >= 15 is 0 Å². The van der Waals surface area contributed by atoms with Gasteiger partial charge in [0.25, 0.3) is 0 Å². The summed E-state index contributed by atoms with van der Waals surface area (Å²) in [6.07, 6.45) is -0.449. The first kappa shape index (κ1) is 61.1. The number of amides is 9. The molecule has 0 fully saturated rings. The number of primary amides is 1. The maximum atomic E-state index is 14.4. The fourth-order valence-electron chi connectivity index (χ4n) is 7.94. The van der Waals surface area contributed by atoms with Crippen LogP contribution in [0.4, 0.5) is 0 Å². The highest BCUT2D eigenvalue weighted by molar-refractivity contribution is 5.99. The van der Waals surface area contributed by atoms with Gasteiger partial charge in [0.2, 0.25) is 53.2 Å². The van der Waals surface area contributed by atoms with Crippen molar-refractivity contribution >= 4 is 86.9 Å². The number of carboxylic acid groups (broad SMARTS) is 2. The maximum absolute atomic E-state index is 14.4. The van der Waals surface area contributed by atoms with Crippen molar-refractivity contribution in [1.29, 1.82) is 0 Å². The van der Waals surface area contributed by atoms with Crippen LogP contribution in [0, 0.1) is 5.92 Å². The normalized spacial score (nSPS) is 15.2. The average Bonchev–Trinajstić information content (AvgIpc) is 3.98. The molecule has 0 saturated heterocycles. The molecule has 0 radical (unpaired) electrons. The molecular formula is C50H68N12O15. The van der Waals surface area contributed by atoms with E-state index in [2.05, 4.69) is 52.5 Å². The van der Waals surface area contributed by atoms with Crippen LogP contribution in [0.5, 0.6) is 0 Å². The second-order valence-corrected chi connectivity index (χ2v) is 19.0. The van der Waals surface area contributed by atoms with Crippen LogP contribution in [-0.4, -0.2) is 163 Å². The molecule has 9 amide bonds. The van der Waals surface area contributed by atoms with Gasteiger partial charge in [-0.05, 0) is 62.8 Å². The Kier molecular flexibility index (Phi) is 22.6. The molecule has 4 aromatic rings. The Morgan fingerprint density at radius 1 is 0.532 bits per heavy atom. The third-order valence-corrected chi connectivity index (χ3v) is 12.3. The van der Waals surface area contributed by atoms with Gasteiger partial charge in [-0.2, -0.15) is 0 Å². The lowest BCUT2D eigenvalue weighted by molar-refractivity contribution is -0.142. The van der Waals surface area contributed by atoms with Gasteiger partial charge in [0.15, 0.2) is 0 Å². The van der Waals surface area contributed by atoms with Gasteiger partial charge in [-0.25, -0.2) is 4.79 Å². The number of rotatable bonds is 30. The number of nitrogens with one attached hydrogen (secondary N) is 10. The largest absolute Gasteiger partial charge is 0.481 e. The fourth-order valence-corrected chi connectivity index (χ4v) is 7.94. The zero-order chi connectivity index (χ0) is 57.3. The second kappa shape index (κ2) is 28.5. The zero-order valence-electron chi connectivity index (χ0n) is 43.0. The number of H-pyrrole nitrogens is 2. The molecule has 10 unspecified atom stereocenters. The number of carboxylic acids is 2. The molecular weight excluding hydrogens is 1010 g/mol. The zero-order valence-corrected chi connectivity index (χ0v) is 43.0. The van der Waals surface area contributed by atoms with Crippen molar-refractivity contribution in [2.24, 2.45) is 17.4 Å². The van der Waals surface area contributed by atoms with E-state index in [9.17, 15) is 73.2 Å². The van der Waals surface area contributed by atoms with Crippen LogP contribution >= 0.6 is 0 Å². The van der Waals surface area contributed by atoms with Gasteiger partial charge < -0.3 is 84.4 Å². The Morgan fingerprint density at radius 3 is 1.39 bits per heavy atom. The molecule has 27 nitrogen and oxygen atoms in total. The number of hydrogen-bond acceptors (Lipinski definition) is 14. The van der Waals surface area contributed by atoms with Gasteiger partial charge in [0.05, 0.1) is 19.1 Å². The summed E-state index contributed by atoms with van der Waals surface area (Å²) in [6.45, 7) is 6.16. The van der Waals surface area contributed by atoms with E-state index < -0.39 is 139 Å². The number of aliphatic carboxylic acids is 2. The van der Waals surface area contributed by atoms with Crippen LogP contribution in [0.3, 0.4) is 0 Å². The van der Waals surface area contributed by atoms with E-state index in [0.29, 0.717) is 32.9 Å². The van der Waals surface area contributed by atoms with E-state index in [1.165, 1.54) is 20.8 Å². The number of aliphatic hydroxyl groups excluding tert-OH is 2. The van der Waals surface area contributed by atoms with Crippen LogP contribution in [-0.2, 0) is 65.6 Å². The van der Waals surface area contributed by atoms with E-state index in [-0.39, 0.29) is 38.0 Å². The first-order valence-corrected chi connectivity index (χ1v) is 24.6. The number of fused-ring (bicyclic) bond motifs is 2. The van der Waals surface area contributed by atoms with Crippen molar-refractivity contribution in [3.8, 4) is 0 Å². The van der Waals surface area contributed by atoms with Crippen molar-refractivity contribution in [2.75, 3.05) is 6.61 Å². The van der Waals surface area contributed by atoms with Gasteiger partial charge in [-0.3, -0.25) is 47.9 Å². The molecule has 77 heavy (non-hydrogen) atoms. The first-order valence-electron chi connectivity index (χ1n) is 24.6. The van der Waals surface area contributed by atoms with E-state index in [0.717, 1.165) is 0 Å². The molecule has 0 aliphatic heterocycles. The van der Waals surface area contributed by atoms with Crippen LogP contribution in [0.25, 0.3) is 21.8 Å². The first-order chi connectivity index (χ1) is 36.3. The summed E-state index contributed by atoms with van der Waals surface area (Å²) >= 11 is 0. The molecule has 0 saturated carbocycles. The number of carbonyl (C=O) groups excluding carboxylic acids is 9. The summed E-state index contributed by atoms with van der Waals surface area (Å²) in [5.41, 5.74) is 13.1. The van der Waals surface area contributed by atoms with Crippen LogP contribution in [0.15, 0.2) is 60.9 Å². The molecule has 4 rings (SSSR count). The van der Waals surface area contributed by atoms with Gasteiger partial charge >= 0.3 is 11.9 Å². The highest BCUT2D eigenvalue weighted by Crippen LogP contribution is 2.21. The molecule has 2 heterocycles. The van der Waals surface area contributed by atoms with Crippen molar-refractivity contribution in [3.05, 3.63) is 72.1 Å². The lowest BCUT2D eigenvalue weighted by Crippen LogP contribution is -2.61. The molecule has 0 aliphatic carbocycles. The minimum atomic E-state index is -1.89. The van der Waals surface area contributed by atoms with Crippen molar-refractivity contribution < 1.29 is 73.2 Å². The van der Waals surface area contributed by atoms with E-state index in [1.54, 1.807) is 74.8 Å². The number of para-hydroxylation sites is 2. The predicted octanol–water partition coefficient (Wildman–Crippen LogP) is -3.08. The SMILES string of the molecule is CC(C)CC(NC(=O)C(C)NC(=O)C(N)C(C)O)C(=O)NC(CC(=O)O)C(=O)NC(Cc1c[nH]c2ccccc12)C(=O)NC(CO)C(=O)NC(Cc1c[nH]c2ccccc12)C(=O)NC(C)C(=O)NC(CCC(N)=O)C(=O)O. The summed E-state index contributed by atoms with van der Waals surface area (Å²) in [7, 11) is 0. The number of aromatic amines is 2. The van der Waals surface area contributed by atoms with Gasteiger partial charge in [0.1, 0.15) is 54.4 Å². The summed E-state index contributed by atoms with van der Waals surface area (Å²) in [5, 5.41) is 60.2. The molecule has 0 aliphatic rings. The molecule has 0 bridgehead atoms. The molecule has 10 atom stereocenters. The second-order valence-electron chi connectivity index (χ2n) is 19.0. The average molecular weight is 1080 g/mol. The number of aromatic nitrogens is 2. The minimum Gasteiger partial charge on any atom is -0.481 e. The Morgan fingerprint density at radius 2 is 0.935 bits per heavy atom. The summed E-state index contributed by atoms with van der Waals surface area (Å²) in [5.74, 6) is -12.2. The Bertz CT molecular complexity index is 2790. The van der Waals surface area contributed by atoms with Crippen LogP contribution < -0.4 is 54.0 Å². The van der Waals surface area contributed by atoms with Crippen molar-refractivity contribution in [1.82, 2.24) is 52.5 Å². The number of aliphatic hydroxyl groups is 2. The monoisotopic (exact) mass is 1080 g/mol. The molecule has 18 N–H and O–H groups in total. The van der Waals surface area contributed by atoms with Crippen LogP contribution in [0.2, 0.25) is 0 Å². The number of nitrogens with two attached hydrogens (primary N) is 2. The smallest absolute Gasteiger partial charge is 0.326 e. The van der Waals surface area contributed by atoms with E-state index in [4.69, 9.17) is 11.5 Å². The number of benzene rings is 2. The third-order valence-electron chi connectivity index (χ3n) is 12.3. The van der Waals surface area contributed by atoms with Gasteiger partial charge in [-0.15, -0.1) is 0 Å². The van der Waals surface area contributed by atoms with Crippen molar-refractivity contribution in [3.63, 3.8) is 0 Å². The van der Waals surface area contributed by atoms with Crippen molar-refractivity contribution in [2.45, 2.75) is 134 Å². The highest BCUT2D eigenvalue weighted by atomic mass is 16.4. The summed E-state index contributed by atoms with van der Waals surface area (Å²) in [4.78, 5) is 151. The molecule has 2 aromatic heterocycles. The topological polar surface area (TPSA) is 449 Å². The quantitative estimate of drug-likeness (QED) is 0.0246. The maximum Gasteiger partial charge on any atom is 0.326 e.